The van der Waals surface area contributed by atoms with Crippen molar-refractivity contribution >= 4 is 34.9 Å². The van der Waals surface area contributed by atoms with Gasteiger partial charge in [-0.1, -0.05) is 42.8 Å². The van der Waals surface area contributed by atoms with E-state index in [2.05, 4.69) is 10.3 Å². The van der Waals surface area contributed by atoms with E-state index in [1.165, 1.54) is 0 Å². The van der Waals surface area contributed by atoms with Crippen LogP contribution in [0.15, 0.2) is 53.6 Å². The van der Waals surface area contributed by atoms with Gasteiger partial charge in [0, 0.05) is 25.1 Å². The lowest BCUT2D eigenvalue weighted by molar-refractivity contribution is -0.128. The highest BCUT2D eigenvalue weighted by molar-refractivity contribution is 7.80. The molecular formula is C22H25N3O3S. The van der Waals surface area contributed by atoms with Crippen LogP contribution in [0.1, 0.15) is 31.2 Å². The molecule has 1 aliphatic carbocycles. The van der Waals surface area contributed by atoms with E-state index in [0.717, 1.165) is 30.6 Å². The number of para-hydroxylation sites is 1. The highest BCUT2D eigenvalue weighted by Crippen LogP contribution is 2.20. The normalized spacial score (nSPS) is 17.8. The first-order valence-corrected chi connectivity index (χ1v) is 10.2. The van der Waals surface area contributed by atoms with Crippen molar-refractivity contribution < 1.29 is 14.3 Å². The van der Waals surface area contributed by atoms with Crippen molar-refractivity contribution in [2.75, 3.05) is 13.7 Å². The Kier molecular flexibility index (Phi) is 7.30. The summed E-state index contributed by atoms with van der Waals surface area (Å²) in [7, 11) is 1.62. The Labute approximate surface area is 176 Å². The van der Waals surface area contributed by atoms with Crippen LogP contribution < -0.4 is 10.1 Å². The number of nitrogens with one attached hydrogen (secondary N) is 1. The second-order valence-electron chi connectivity index (χ2n) is 6.93. The number of methoxy groups -OCH3 is 1. The third-order valence-electron chi connectivity index (χ3n) is 4.94. The second-order valence-corrected chi connectivity index (χ2v) is 7.30. The zero-order valence-corrected chi connectivity index (χ0v) is 17.3. The van der Waals surface area contributed by atoms with E-state index in [9.17, 15) is 9.59 Å². The third kappa shape index (κ3) is 5.38. The molecule has 1 unspecified atom stereocenters. The van der Waals surface area contributed by atoms with Crippen molar-refractivity contribution in [3.05, 3.63) is 54.1 Å². The second kappa shape index (κ2) is 10.1. The number of rotatable bonds is 9. The smallest absolute Gasteiger partial charge is 0.241 e. The minimum absolute atomic E-state index is 0.00819. The van der Waals surface area contributed by atoms with E-state index < -0.39 is 0 Å². The Morgan fingerprint density at radius 3 is 2.90 bits per heavy atom. The average Bonchev–Trinajstić information content (AvgIpc) is 2.74. The summed E-state index contributed by atoms with van der Waals surface area (Å²) in [5.74, 6) is 0.431. The summed E-state index contributed by atoms with van der Waals surface area (Å²) in [6.07, 6.45) is 10.2. The van der Waals surface area contributed by atoms with Gasteiger partial charge in [0.05, 0.1) is 18.7 Å². The number of ether oxygens (including phenoxy) is 1. The molecule has 1 N–H and O–H groups in total. The zero-order chi connectivity index (χ0) is 20.6. The summed E-state index contributed by atoms with van der Waals surface area (Å²) in [4.78, 5) is 30.6. The molecule has 1 atom stereocenters. The van der Waals surface area contributed by atoms with Crippen LogP contribution >= 0.6 is 12.2 Å². The van der Waals surface area contributed by atoms with Gasteiger partial charge in [-0.3, -0.25) is 14.5 Å². The van der Waals surface area contributed by atoms with Crippen molar-refractivity contribution in [1.82, 2.24) is 10.2 Å². The molecule has 0 saturated heterocycles. The van der Waals surface area contributed by atoms with Crippen molar-refractivity contribution in [3.8, 4) is 5.75 Å². The maximum absolute atomic E-state index is 12.6. The summed E-state index contributed by atoms with van der Waals surface area (Å²) in [5, 5.41) is 3.25. The number of benzene rings is 1. The van der Waals surface area contributed by atoms with Crippen LogP contribution in [-0.2, 0) is 16.1 Å². The summed E-state index contributed by atoms with van der Waals surface area (Å²) in [6, 6.07) is 7.63. The number of hydrogen-bond donors (Lipinski definition) is 1. The number of allylic oxidation sites excluding steroid dienone is 3. The molecule has 0 aromatic heterocycles. The number of nitrogens with zero attached hydrogens (tertiary/aromatic N) is 2. The monoisotopic (exact) mass is 411 g/mol. The maximum Gasteiger partial charge on any atom is 0.241 e. The molecule has 2 amide bonds. The minimum atomic E-state index is -0.326. The lowest BCUT2D eigenvalue weighted by Gasteiger charge is -2.30. The molecule has 1 aromatic carbocycles. The van der Waals surface area contributed by atoms with Crippen molar-refractivity contribution in [2.24, 2.45) is 10.9 Å². The Hall–Kier alpha value is -2.80. The fraction of sp³-hybridized carbons (Fsp3) is 0.364. The Morgan fingerprint density at radius 2 is 2.07 bits per heavy atom. The topological polar surface area (TPSA) is 71.0 Å². The van der Waals surface area contributed by atoms with Crippen molar-refractivity contribution in [2.45, 2.75) is 32.2 Å². The summed E-state index contributed by atoms with van der Waals surface area (Å²) in [5.41, 5.74) is 1.66. The quantitative estimate of drug-likeness (QED) is 0.500. The highest BCUT2D eigenvalue weighted by atomic mass is 32.1. The number of thiocarbonyl (C=S) groups is 1. The van der Waals surface area contributed by atoms with Crippen LogP contribution in [-0.4, -0.2) is 41.2 Å². The summed E-state index contributed by atoms with van der Waals surface area (Å²) < 4.78 is 5.29. The highest BCUT2D eigenvalue weighted by Gasteiger charge is 2.33. The van der Waals surface area contributed by atoms with Crippen LogP contribution in [0, 0.1) is 5.92 Å². The van der Waals surface area contributed by atoms with Crippen LogP contribution in [0.4, 0.5) is 0 Å². The average molecular weight is 412 g/mol. The Balaban J connectivity index is 1.36. The van der Waals surface area contributed by atoms with Gasteiger partial charge in [0.15, 0.2) is 0 Å². The van der Waals surface area contributed by atoms with Gasteiger partial charge in [-0.05, 0) is 37.2 Å². The first-order valence-electron chi connectivity index (χ1n) is 9.77. The van der Waals surface area contributed by atoms with Crippen LogP contribution in [0.5, 0.6) is 5.75 Å². The molecule has 0 spiro atoms. The van der Waals surface area contributed by atoms with Gasteiger partial charge < -0.3 is 10.1 Å². The van der Waals surface area contributed by atoms with Gasteiger partial charge in [-0.15, -0.1) is 0 Å². The Morgan fingerprint density at radius 1 is 1.24 bits per heavy atom. The fourth-order valence-corrected chi connectivity index (χ4v) is 3.64. The number of aliphatic imine (C=N–C) groups is 1. The molecule has 0 saturated carbocycles. The fourth-order valence-electron chi connectivity index (χ4n) is 3.35. The van der Waals surface area contributed by atoms with Gasteiger partial charge >= 0.3 is 0 Å². The van der Waals surface area contributed by atoms with Gasteiger partial charge in [-0.25, -0.2) is 4.99 Å². The van der Waals surface area contributed by atoms with Gasteiger partial charge in [0.25, 0.3) is 0 Å². The van der Waals surface area contributed by atoms with E-state index in [-0.39, 0.29) is 17.7 Å². The lowest BCUT2D eigenvalue weighted by Crippen LogP contribution is -2.46. The number of carbonyl (C=O) groups is 2. The molecule has 0 radical (unpaired) electrons. The predicted molar refractivity (Wildman–Crippen MR) is 117 cm³/mol. The molecule has 3 rings (SSSR count). The Bertz CT molecular complexity index is 876. The number of unbranched alkanes of at least 4 members (excludes halogenated alkanes) is 2. The van der Waals surface area contributed by atoms with E-state index in [1.807, 2.05) is 48.6 Å². The molecule has 0 bridgehead atoms. The van der Waals surface area contributed by atoms with Crippen LogP contribution in [0.3, 0.4) is 0 Å². The summed E-state index contributed by atoms with van der Waals surface area (Å²) >= 11 is 5.28. The molecule has 1 aliphatic heterocycles. The van der Waals surface area contributed by atoms with E-state index in [1.54, 1.807) is 12.0 Å². The number of carbonyl (C=O) groups excluding carboxylic acids is 2. The maximum atomic E-state index is 12.6. The van der Waals surface area contributed by atoms with Crippen LogP contribution in [0.2, 0.25) is 0 Å². The molecule has 0 fully saturated rings. The molecule has 2 aliphatic rings. The van der Waals surface area contributed by atoms with Crippen LogP contribution in [0.25, 0.3) is 0 Å². The molecule has 7 heteroatoms. The lowest BCUT2D eigenvalue weighted by atomic mass is 9.95. The molecule has 1 aromatic rings. The standard InChI is InChI=1S/C22H25N3O3S/c1-28-19-12-7-4-9-16(19)15-23-20(26)13-3-2-8-14-25-21(27)17-10-5-6-11-18(17)24-22(25)29/h4-7,9-12,17H,2-3,8,13-15H2,1H3,(H,23,26). The van der Waals surface area contributed by atoms with Gasteiger partial charge in [0.2, 0.25) is 16.9 Å². The summed E-state index contributed by atoms with van der Waals surface area (Å²) in [6.45, 7) is 0.981. The first-order chi connectivity index (χ1) is 14.1. The van der Waals surface area contributed by atoms with Crippen molar-refractivity contribution in [1.29, 1.82) is 0 Å². The largest absolute Gasteiger partial charge is 0.496 e. The van der Waals surface area contributed by atoms with E-state index in [0.29, 0.717) is 30.3 Å². The molecule has 152 valence electrons. The molecule has 6 nitrogen and oxygen atoms in total. The first kappa shape index (κ1) is 20.9. The predicted octanol–water partition coefficient (Wildman–Crippen LogP) is 3.18. The van der Waals surface area contributed by atoms with E-state index in [4.69, 9.17) is 17.0 Å². The SMILES string of the molecule is COc1ccccc1CNC(=O)CCCCCN1C(=O)C2C=CC=CC2=NC1=S. The van der Waals surface area contributed by atoms with Gasteiger partial charge in [0.1, 0.15) is 5.75 Å². The number of amides is 2. The molecule has 29 heavy (non-hydrogen) atoms. The molecule has 1 heterocycles. The number of hydrogen-bond acceptors (Lipinski definition) is 4. The van der Waals surface area contributed by atoms with Crippen molar-refractivity contribution in [3.63, 3.8) is 0 Å². The third-order valence-corrected chi connectivity index (χ3v) is 5.25. The number of fused-ring (bicyclic) bond motifs is 1. The van der Waals surface area contributed by atoms with E-state index >= 15 is 0 Å². The zero-order valence-electron chi connectivity index (χ0n) is 16.5. The minimum Gasteiger partial charge on any atom is -0.496 e. The molecular weight excluding hydrogens is 386 g/mol. The van der Waals surface area contributed by atoms with Gasteiger partial charge in [-0.2, -0.15) is 0 Å².